The van der Waals surface area contributed by atoms with Crippen molar-refractivity contribution in [1.29, 1.82) is 0 Å². The summed E-state index contributed by atoms with van der Waals surface area (Å²) in [7, 11) is 4.16. The molecule has 0 bridgehead atoms. The number of benzene rings is 1. The number of hydrogen-bond acceptors (Lipinski definition) is 2. The van der Waals surface area contributed by atoms with E-state index in [4.69, 9.17) is 12.2 Å². The van der Waals surface area contributed by atoms with Gasteiger partial charge in [0.05, 0.1) is 33.7 Å². The molecule has 1 amide bonds. The fourth-order valence-corrected chi connectivity index (χ4v) is 2.02. The van der Waals surface area contributed by atoms with E-state index in [9.17, 15) is 4.79 Å². The molecule has 0 spiro atoms. The molecule has 0 aliphatic rings. The summed E-state index contributed by atoms with van der Waals surface area (Å²) in [6.07, 6.45) is 0. The topological polar surface area (TPSA) is 57.6 Å². The molecule has 0 aliphatic carbocycles. The molecule has 0 aliphatic heterocycles. The molecule has 6 heteroatoms. The Bertz CT molecular complexity index is 482. The Morgan fingerprint density at radius 2 is 1.81 bits per heavy atom. The zero-order chi connectivity index (χ0) is 15.8. The molecule has 0 aromatic heterocycles. The molecule has 116 valence electrons. The second-order valence-corrected chi connectivity index (χ2v) is 5.79. The van der Waals surface area contributed by atoms with E-state index in [2.05, 4.69) is 30.0 Å². The second kappa shape index (κ2) is 8.59. The number of anilines is 1. The number of likely N-dealkylation sites (N-methyl/N-ethyl adjacent to an activating group) is 1. The van der Waals surface area contributed by atoms with E-state index in [1.54, 1.807) is 0 Å². The normalized spacial score (nSPS) is 10.3. The Hall–Kier alpha value is -1.66. The van der Waals surface area contributed by atoms with Gasteiger partial charge in [-0.15, -0.1) is 0 Å². The molecule has 4 N–H and O–H groups in total. The van der Waals surface area contributed by atoms with Gasteiger partial charge in [-0.05, 0) is 37.2 Å². The van der Waals surface area contributed by atoms with E-state index in [0.29, 0.717) is 5.11 Å². The summed E-state index contributed by atoms with van der Waals surface area (Å²) in [5.41, 5.74) is 2.98. The fraction of sp³-hybridized carbons (Fsp3) is 0.467. The minimum atomic E-state index is -0.102. The molecule has 0 fully saturated rings. The minimum absolute atomic E-state index is 0.102. The number of hydrogen-bond donors (Lipinski definition) is 4. The van der Waals surface area contributed by atoms with Gasteiger partial charge in [-0.3, -0.25) is 4.79 Å². The SMILES string of the molecule is Cc1cccc(C)c1NC(=O)CNC(=S)NCC[NH+](C)C. The molecule has 21 heavy (non-hydrogen) atoms. The number of amides is 1. The Labute approximate surface area is 132 Å². The van der Waals surface area contributed by atoms with Crippen molar-refractivity contribution in [3.8, 4) is 0 Å². The van der Waals surface area contributed by atoms with Gasteiger partial charge in [0, 0.05) is 5.69 Å². The van der Waals surface area contributed by atoms with E-state index < -0.39 is 0 Å². The third-order valence-corrected chi connectivity index (χ3v) is 3.35. The van der Waals surface area contributed by atoms with E-state index in [1.807, 2.05) is 32.0 Å². The monoisotopic (exact) mass is 309 g/mol. The average molecular weight is 309 g/mol. The molecule has 0 saturated heterocycles. The van der Waals surface area contributed by atoms with Crippen LogP contribution in [0.15, 0.2) is 18.2 Å². The Morgan fingerprint density at radius 1 is 1.19 bits per heavy atom. The van der Waals surface area contributed by atoms with E-state index in [1.165, 1.54) is 4.90 Å². The van der Waals surface area contributed by atoms with Gasteiger partial charge in [-0.25, -0.2) is 0 Å². The summed E-state index contributed by atoms with van der Waals surface area (Å²) < 4.78 is 0. The highest BCUT2D eigenvalue weighted by molar-refractivity contribution is 7.80. The second-order valence-electron chi connectivity index (χ2n) is 5.38. The van der Waals surface area contributed by atoms with Crippen LogP contribution in [0.5, 0.6) is 0 Å². The lowest BCUT2D eigenvalue weighted by Gasteiger charge is -2.14. The summed E-state index contributed by atoms with van der Waals surface area (Å²) >= 11 is 5.13. The maximum absolute atomic E-state index is 11.9. The summed E-state index contributed by atoms with van der Waals surface area (Å²) in [6.45, 7) is 5.87. The molecule has 1 aromatic carbocycles. The minimum Gasteiger partial charge on any atom is -0.357 e. The van der Waals surface area contributed by atoms with E-state index in [-0.39, 0.29) is 12.5 Å². The van der Waals surface area contributed by atoms with Crippen LogP contribution < -0.4 is 20.9 Å². The summed E-state index contributed by atoms with van der Waals surface area (Å²) in [4.78, 5) is 13.3. The Kier molecular flexibility index (Phi) is 7.11. The quantitative estimate of drug-likeness (QED) is 0.552. The van der Waals surface area contributed by atoms with Gasteiger partial charge < -0.3 is 20.9 Å². The van der Waals surface area contributed by atoms with Crippen LogP contribution in [0.1, 0.15) is 11.1 Å². The lowest BCUT2D eigenvalue weighted by atomic mass is 10.1. The molecule has 0 atom stereocenters. The van der Waals surface area contributed by atoms with Gasteiger partial charge in [0.25, 0.3) is 0 Å². The predicted octanol–water partition coefficient (Wildman–Crippen LogP) is -0.149. The molecule has 1 rings (SSSR count). The molecule has 0 saturated carbocycles. The van der Waals surface area contributed by atoms with Gasteiger partial charge in [0.2, 0.25) is 5.91 Å². The summed E-state index contributed by atoms with van der Waals surface area (Å²) in [5, 5.41) is 9.41. The number of carbonyl (C=O) groups is 1. The number of aryl methyl sites for hydroxylation is 2. The lowest BCUT2D eigenvalue weighted by Crippen LogP contribution is -3.06. The van der Waals surface area contributed by atoms with Crippen LogP contribution in [0.3, 0.4) is 0 Å². The highest BCUT2D eigenvalue weighted by Crippen LogP contribution is 2.18. The zero-order valence-electron chi connectivity index (χ0n) is 13.2. The number of carbonyl (C=O) groups excluding carboxylic acids is 1. The number of thiocarbonyl (C=S) groups is 1. The average Bonchev–Trinajstić information content (AvgIpc) is 2.40. The molecule has 1 aromatic rings. The van der Waals surface area contributed by atoms with Gasteiger partial charge in [-0.2, -0.15) is 0 Å². The third-order valence-electron chi connectivity index (χ3n) is 3.07. The zero-order valence-corrected chi connectivity index (χ0v) is 14.0. The Balaban J connectivity index is 2.36. The van der Waals surface area contributed by atoms with Crippen molar-refractivity contribution in [2.24, 2.45) is 0 Å². The number of quaternary nitrogens is 1. The van der Waals surface area contributed by atoms with Crippen LogP contribution in [0.4, 0.5) is 5.69 Å². The molecular formula is C15H25N4OS+. The van der Waals surface area contributed by atoms with Crippen molar-refractivity contribution in [3.05, 3.63) is 29.3 Å². The summed E-state index contributed by atoms with van der Waals surface area (Å²) in [5.74, 6) is -0.102. The van der Waals surface area contributed by atoms with Crippen LogP contribution in [-0.4, -0.2) is 44.7 Å². The Morgan fingerprint density at radius 3 is 2.38 bits per heavy atom. The van der Waals surface area contributed by atoms with Crippen LogP contribution in [0, 0.1) is 13.8 Å². The maximum atomic E-state index is 11.9. The first kappa shape index (κ1) is 17.4. The highest BCUT2D eigenvalue weighted by atomic mass is 32.1. The van der Waals surface area contributed by atoms with Crippen LogP contribution in [0.2, 0.25) is 0 Å². The first-order chi connectivity index (χ1) is 9.90. The van der Waals surface area contributed by atoms with E-state index in [0.717, 1.165) is 29.9 Å². The number of rotatable bonds is 6. The first-order valence-corrected chi connectivity index (χ1v) is 7.47. The summed E-state index contributed by atoms with van der Waals surface area (Å²) in [6, 6.07) is 5.93. The lowest BCUT2D eigenvalue weighted by molar-refractivity contribution is -0.856. The maximum Gasteiger partial charge on any atom is 0.243 e. The molecule has 5 nitrogen and oxygen atoms in total. The molecule has 0 heterocycles. The predicted molar refractivity (Wildman–Crippen MR) is 90.8 cm³/mol. The van der Waals surface area contributed by atoms with E-state index >= 15 is 0 Å². The van der Waals surface area contributed by atoms with Gasteiger partial charge in [0.1, 0.15) is 0 Å². The third kappa shape index (κ3) is 6.55. The van der Waals surface area contributed by atoms with Crippen molar-refractivity contribution >= 4 is 28.9 Å². The number of nitrogens with one attached hydrogen (secondary N) is 4. The first-order valence-electron chi connectivity index (χ1n) is 7.07. The van der Waals surface area contributed by atoms with Gasteiger partial charge in [0.15, 0.2) is 5.11 Å². The molecule has 0 radical (unpaired) electrons. The standard InChI is InChI=1S/C15H24N4OS/c1-11-6-5-7-12(2)14(11)18-13(20)10-17-15(21)16-8-9-19(3)4/h5-7H,8-10H2,1-4H3,(H,18,20)(H2,16,17,21)/p+1. The molecule has 0 unspecified atom stereocenters. The smallest absolute Gasteiger partial charge is 0.243 e. The van der Waals surface area contributed by atoms with Crippen molar-refractivity contribution in [2.45, 2.75) is 13.8 Å². The molecular weight excluding hydrogens is 284 g/mol. The van der Waals surface area contributed by atoms with Crippen LogP contribution in [-0.2, 0) is 4.79 Å². The number of para-hydroxylation sites is 1. The van der Waals surface area contributed by atoms with Crippen molar-refractivity contribution < 1.29 is 9.69 Å². The fourth-order valence-electron chi connectivity index (χ4n) is 1.84. The van der Waals surface area contributed by atoms with Gasteiger partial charge in [-0.1, -0.05) is 18.2 Å². The van der Waals surface area contributed by atoms with Crippen molar-refractivity contribution in [3.63, 3.8) is 0 Å². The largest absolute Gasteiger partial charge is 0.357 e. The van der Waals surface area contributed by atoms with Crippen LogP contribution in [0.25, 0.3) is 0 Å². The van der Waals surface area contributed by atoms with Crippen molar-refractivity contribution in [1.82, 2.24) is 10.6 Å². The van der Waals surface area contributed by atoms with Crippen LogP contribution >= 0.6 is 12.2 Å². The van der Waals surface area contributed by atoms with Crippen molar-refractivity contribution in [2.75, 3.05) is 39.0 Å². The van der Waals surface area contributed by atoms with Gasteiger partial charge >= 0.3 is 0 Å². The highest BCUT2D eigenvalue weighted by Gasteiger charge is 2.07.